The number of nitrogens with two attached hydrogens (primary N) is 1. The van der Waals surface area contributed by atoms with Gasteiger partial charge in [-0.15, -0.1) is 11.8 Å². The van der Waals surface area contributed by atoms with Gasteiger partial charge in [-0.3, -0.25) is 4.72 Å². The van der Waals surface area contributed by atoms with Crippen LogP contribution >= 0.6 is 23.4 Å². The fourth-order valence-corrected chi connectivity index (χ4v) is 4.74. The van der Waals surface area contributed by atoms with Crippen molar-refractivity contribution in [3.05, 3.63) is 82.9 Å². The van der Waals surface area contributed by atoms with E-state index in [1.54, 1.807) is 18.2 Å². The summed E-state index contributed by atoms with van der Waals surface area (Å²) < 4.78 is 54.5. The lowest BCUT2D eigenvalue weighted by molar-refractivity contribution is 0.551. The molecule has 0 aliphatic carbocycles. The minimum atomic E-state index is -4.27. The Labute approximate surface area is 170 Å². The van der Waals surface area contributed by atoms with Crippen LogP contribution in [0.25, 0.3) is 0 Å². The van der Waals surface area contributed by atoms with E-state index in [4.69, 9.17) is 17.3 Å². The Balaban J connectivity index is 1.88. The van der Waals surface area contributed by atoms with Crippen molar-refractivity contribution in [1.82, 2.24) is 0 Å². The highest BCUT2D eigenvalue weighted by atomic mass is 35.5. The highest BCUT2D eigenvalue weighted by molar-refractivity contribution is 7.98. The van der Waals surface area contributed by atoms with E-state index in [1.807, 2.05) is 18.2 Å². The summed E-state index contributed by atoms with van der Waals surface area (Å²) in [5.74, 6) is -1.51. The highest BCUT2D eigenvalue weighted by Gasteiger charge is 2.21. The molecular formula is C19H15ClF2N2O2S2. The molecule has 0 aliphatic heterocycles. The van der Waals surface area contributed by atoms with Gasteiger partial charge in [0, 0.05) is 27.4 Å². The number of nitrogen functional groups attached to an aromatic ring is 1. The summed E-state index contributed by atoms with van der Waals surface area (Å²) in [6.45, 7) is 0. The number of benzene rings is 3. The van der Waals surface area contributed by atoms with Crippen LogP contribution < -0.4 is 10.5 Å². The Morgan fingerprint density at radius 1 is 1.04 bits per heavy atom. The van der Waals surface area contributed by atoms with Gasteiger partial charge in [-0.1, -0.05) is 23.7 Å². The molecule has 3 aromatic rings. The van der Waals surface area contributed by atoms with Crippen molar-refractivity contribution in [3.63, 3.8) is 0 Å². The van der Waals surface area contributed by atoms with E-state index < -0.39 is 26.6 Å². The van der Waals surface area contributed by atoms with Crippen molar-refractivity contribution in [1.29, 1.82) is 0 Å². The third kappa shape index (κ3) is 4.95. The van der Waals surface area contributed by atoms with E-state index in [0.717, 1.165) is 17.7 Å². The fourth-order valence-electron chi connectivity index (χ4n) is 2.44. The van der Waals surface area contributed by atoms with E-state index in [1.165, 1.54) is 17.8 Å². The van der Waals surface area contributed by atoms with E-state index in [-0.39, 0.29) is 5.69 Å². The summed E-state index contributed by atoms with van der Waals surface area (Å²) in [6, 6.07) is 14.3. The SMILES string of the molecule is Nc1cccc(CSc2ccc(Cl)cc2NS(=O)(=O)c2ccc(F)cc2F)c1. The van der Waals surface area contributed by atoms with Crippen LogP contribution in [0.4, 0.5) is 20.2 Å². The summed E-state index contributed by atoms with van der Waals surface area (Å²) in [7, 11) is -4.27. The second-order valence-electron chi connectivity index (χ2n) is 5.85. The Kier molecular flexibility index (Phi) is 6.12. The van der Waals surface area contributed by atoms with Gasteiger partial charge in [-0.2, -0.15) is 0 Å². The number of rotatable bonds is 6. The van der Waals surface area contributed by atoms with Gasteiger partial charge in [0.25, 0.3) is 10.0 Å². The second kappa shape index (κ2) is 8.38. The minimum absolute atomic E-state index is 0.199. The average molecular weight is 441 g/mol. The fraction of sp³-hybridized carbons (Fsp3) is 0.0526. The van der Waals surface area contributed by atoms with E-state index >= 15 is 0 Å². The first-order valence-electron chi connectivity index (χ1n) is 7.99. The summed E-state index contributed by atoms with van der Waals surface area (Å²) in [4.78, 5) is -0.0569. The summed E-state index contributed by atoms with van der Waals surface area (Å²) in [5.41, 5.74) is 7.55. The molecule has 0 fully saturated rings. The predicted molar refractivity (Wildman–Crippen MR) is 109 cm³/mol. The lowest BCUT2D eigenvalue weighted by atomic mass is 10.2. The number of anilines is 2. The molecule has 0 saturated heterocycles. The standard InChI is InChI=1S/C19H15ClF2N2O2S2/c20-13-4-6-18(27-11-12-2-1-3-15(23)8-12)17(9-13)24-28(25,26)19-7-5-14(21)10-16(19)22/h1-10,24H,11,23H2. The van der Waals surface area contributed by atoms with Crippen molar-refractivity contribution >= 4 is 44.8 Å². The summed E-state index contributed by atoms with van der Waals surface area (Å²) in [5, 5.41) is 0.311. The van der Waals surface area contributed by atoms with Gasteiger partial charge in [-0.05, 0) is 48.0 Å². The smallest absolute Gasteiger partial charge is 0.264 e. The van der Waals surface area contributed by atoms with Crippen LogP contribution in [0, 0.1) is 11.6 Å². The van der Waals surface area contributed by atoms with Crippen LogP contribution in [-0.4, -0.2) is 8.42 Å². The second-order valence-corrected chi connectivity index (χ2v) is 8.96. The molecule has 3 N–H and O–H groups in total. The van der Waals surface area contributed by atoms with Crippen molar-refractivity contribution in [3.8, 4) is 0 Å². The molecule has 0 aromatic heterocycles. The Morgan fingerprint density at radius 3 is 2.54 bits per heavy atom. The molecule has 3 aromatic carbocycles. The molecule has 0 saturated carbocycles. The van der Waals surface area contributed by atoms with Crippen LogP contribution in [0.2, 0.25) is 5.02 Å². The molecule has 0 aliphatic rings. The predicted octanol–water partition coefficient (Wildman–Crippen LogP) is 5.29. The zero-order valence-electron chi connectivity index (χ0n) is 14.3. The maximum absolute atomic E-state index is 13.9. The van der Waals surface area contributed by atoms with Crippen molar-refractivity contribution in [2.75, 3.05) is 10.5 Å². The number of halogens is 3. The third-order valence-electron chi connectivity index (χ3n) is 3.71. The Bertz CT molecular complexity index is 1120. The number of thioether (sulfide) groups is 1. The number of hydrogen-bond donors (Lipinski definition) is 2. The molecule has 0 radical (unpaired) electrons. The van der Waals surface area contributed by atoms with Crippen LogP contribution in [0.3, 0.4) is 0 Å². The molecule has 146 valence electrons. The minimum Gasteiger partial charge on any atom is -0.399 e. The number of sulfonamides is 1. The normalized spacial score (nSPS) is 11.4. The van der Waals surface area contributed by atoms with Gasteiger partial charge in [0.1, 0.15) is 16.5 Å². The van der Waals surface area contributed by atoms with Gasteiger partial charge in [0.2, 0.25) is 0 Å². The van der Waals surface area contributed by atoms with Gasteiger partial charge in [0.05, 0.1) is 5.69 Å². The first-order valence-corrected chi connectivity index (χ1v) is 10.8. The molecule has 0 heterocycles. The molecule has 4 nitrogen and oxygen atoms in total. The average Bonchev–Trinajstić information content (AvgIpc) is 2.60. The van der Waals surface area contributed by atoms with E-state index in [9.17, 15) is 17.2 Å². The van der Waals surface area contributed by atoms with Gasteiger partial charge in [0.15, 0.2) is 0 Å². The molecule has 28 heavy (non-hydrogen) atoms. The maximum atomic E-state index is 13.9. The highest BCUT2D eigenvalue weighted by Crippen LogP contribution is 2.34. The van der Waals surface area contributed by atoms with Gasteiger partial charge in [-0.25, -0.2) is 17.2 Å². The zero-order valence-corrected chi connectivity index (χ0v) is 16.7. The van der Waals surface area contributed by atoms with Crippen molar-refractivity contribution < 1.29 is 17.2 Å². The van der Waals surface area contributed by atoms with Crippen LogP contribution in [-0.2, 0) is 15.8 Å². The van der Waals surface area contributed by atoms with Crippen molar-refractivity contribution in [2.24, 2.45) is 0 Å². The molecular weight excluding hydrogens is 426 g/mol. The molecule has 0 amide bonds. The lowest BCUT2D eigenvalue weighted by Crippen LogP contribution is -2.15. The first kappa shape index (κ1) is 20.4. The molecule has 9 heteroatoms. The molecule has 3 rings (SSSR count). The summed E-state index contributed by atoms with van der Waals surface area (Å²) in [6.07, 6.45) is 0. The molecule has 0 spiro atoms. The molecule has 0 bridgehead atoms. The Hall–Kier alpha value is -2.29. The topological polar surface area (TPSA) is 72.2 Å². The first-order chi connectivity index (χ1) is 13.2. The molecule has 0 unspecified atom stereocenters. The maximum Gasteiger partial charge on any atom is 0.264 e. The quantitative estimate of drug-likeness (QED) is 0.403. The molecule has 0 atom stereocenters. The van der Waals surface area contributed by atoms with E-state index in [0.29, 0.717) is 27.4 Å². The largest absolute Gasteiger partial charge is 0.399 e. The third-order valence-corrected chi connectivity index (χ3v) is 6.49. The van der Waals surface area contributed by atoms with Crippen LogP contribution in [0.5, 0.6) is 0 Å². The van der Waals surface area contributed by atoms with Crippen LogP contribution in [0.1, 0.15) is 5.56 Å². The van der Waals surface area contributed by atoms with Gasteiger partial charge < -0.3 is 5.73 Å². The monoisotopic (exact) mass is 440 g/mol. The van der Waals surface area contributed by atoms with E-state index in [2.05, 4.69) is 4.72 Å². The van der Waals surface area contributed by atoms with Gasteiger partial charge >= 0.3 is 0 Å². The van der Waals surface area contributed by atoms with Crippen molar-refractivity contribution in [2.45, 2.75) is 15.5 Å². The summed E-state index contributed by atoms with van der Waals surface area (Å²) >= 11 is 7.36. The number of hydrogen-bond acceptors (Lipinski definition) is 4. The Morgan fingerprint density at radius 2 is 1.82 bits per heavy atom. The lowest BCUT2D eigenvalue weighted by Gasteiger charge is -2.13. The number of nitrogens with one attached hydrogen (secondary N) is 1. The zero-order chi connectivity index (χ0) is 20.3. The van der Waals surface area contributed by atoms with Crippen LogP contribution in [0.15, 0.2) is 70.5 Å².